The summed E-state index contributed by atoms with van der Waals surface area (Å²) in [6, 6.07) is 15.9. The number of carbonyl (C=O) groups is 2. The molecule has 2 rings (SSSR count). The number of hydroxylamine groups is 1. The summed E-state index contributed by atoms with van der Waals surface area (Å²) in [5.74, 6) is -0.406. The fraction of sp³-hybridized carbons (Fsp3) is 0.0667. The maximum Gasteiger partial charge on any atom is 0.339 e. The minimum Gasteiger partial charge on any atom is -0.324 e. The van der Waals surface area contributed by atoms with Crippen LogP contribution >= 0.6 is 0 Å². The van der Waals surface area contributed by atoms with E-state index in [4.69, 9.17) is 5.21 Å². The molecule has 21 heavy (non-hydrogen) atoms. The molecule has 2 aromatic rings. The fourth-order valence-corrected chi connectivity index (χ4v) is 1.85. The summed E-state index contributed by atoms with van der Waals surface area (Å²) in [5, 5.41) is 13.7. The third-order valence-corrected chi connectivity index (χ3v) is 2.81. The van der Waals surface area contributed by atoms with Crippen LogP contribution in [0.2, 0.25) is 0 Å². The zero-order valence-electron chi connectivity index (χ0n) is 11.1. The predicted octanol–water partition coefficient (Wildman–Crippen LogP) is 2.05. The van der Waals surface area contributed by atoms with E-state index < -0.39 is 18.0 Å². The molecule has 108 valence electrons. The van der Waals surface area contributed by atoms with E-state index in [9.17, 15) is 9.59 Å². The molecular weight excluding hydrogens is 270 g/mol. The van der Waals surface area contributed by atoms with E-state index in [1.165, 1.54) is 5.48 Å². The Morgan fingerprint density at radius 3 is 2.05 bits per heavy atom. The van der Waals surface area contributed by atoms with Crippen molar-refractivity contribution in [2.45, 2.75) is 6.04 Å². The number of para-hydroxylation sites is 1. The lowest BCUT2D eigenvalue weighted by atomic mass is 10.1. The van der Waals surface area contributed by atoms with Gasteiger partial charge < -0.3 is 10.6 Å². The summed E-state index contributed by atoms with van der Waals surface area (Å²) >= 11 is 0. The van der Waals surface area contributed by atoms with Gasteiger partial charge in [-0.25, -0.2) is 10.3 Å². The van der Waals surface area contributed by atoms with Crippen molar-refractivity contribution in [3.63, 3.8) is 0 Å². The Labute approximate surface area is 121 Å². The summed E-state index contributed by atoms with van der Waals surface area (Å²) in [4.78, 5) is 23.6. The molecule has 0 aliphatic rings. The predicted molar refractivity (Wildman–Crippen MR) is 77.7 cm³/mol. The average molecular weight is 285 g/mol. The Bertz CT molecular complexity index is 602. The minimum atomic E-state index is -0.918. The van der Waals surface area contributed by atoms with Gasteiger partial charge in [0.25, 0.3) is 5.91 Å². The Morgan fingerprint density at radius 1 is 0.905 bits per heavy atom. The molecule has 0 saturated carbocycles. The van der Waals surface area contributed by atoms with Crippen molar-refractivity contribution in [1.82, 2.24) is 10.8 Å². The van der Waals surface area contributed by atoms with Crippen LogP contribution < -0.4 is 16.1 Å². The summed E-state index contributed by atoms with van der Waals surface area (Å²) < 4.78 is 0. The first-order valence-corrected chi connectivity index (χ1v) is 6.32. The van der Waals surface area contributed by atoms with E-state index in [-0.39, 0.29) is 0 Å². The molecule has 4 N–H and O–H groups in total. The number of benzene rings is 2. The normalized spacial score (nSPS) is 11.3. The van der Waals surface area contributed by atoms with Gasteiger partial charge >= 0.3 is 6.03 Å². The van der Waals surface area contributed by atoms with Gasteiger partial charge in [0.1, 0.15) is 6.04 Å². The standard InChI is InChI=1S/C15H15N3O3/c19-14(16-12-9-5-2-6-10-12)13(17-15(20)18-21)11-7-3-1-4-8-11/h1-10,13,21H,(H,16,19)(H2,17,18,20). The van der Waals surface area contributed by atoms with E-state index >= 15 is 0 Å². The lowest BCUT2D eigenvalue weighted by Crippen LogP contribution is -2.41. The van der Waals surface area contributed by atoms with Crippen LogP contribution in [0, 0.1) is 0 Å². The molecule has 6 nitrogen and oxygen atoms in total. The first-order valence-electron chi connectivity index (χ1n) is 6.32. The molecule has 0 radical (unpaired) electrons. The van der Waals surface area contributed by atoms with Crippen molar-refractivity contribution in [2.24, 2.45) is 0 Å². The van der Waals surface area contributed by atoms with Gasteiger partial charge in [-0.2, -0.15) is 0 Å². The number of urea groups is 1. The summed E-state index contributed by atoms with van der Waals surface area (Å²) in [6.45, 7) is 0. The number of carbonyl (C=O) groups excluding carboxylic acids is 2. The SMILES string of the molecule is O=C(NO)NC(C(=O)Nc1ccccc1)c1ccccc1. The third kappa shape index (κ3) is 4.05. The van der Waals surface area contributed by atoms with Crippen LogP contribution in [0.3, 0.4) is 0 Å². The van der Waals surface area contributed by atoms with Gasteiger partial charge in [0, 0.05) is 5.69 Å². The number of hydrogen-bond acceptors (Lipinski definition) is 3. The highest BCUT2D eigenvalue weighted by Crippen LogP contribution is 2.15. The summed E-state index contributed by atoms with van der Waals surface area (Å²) in [6.07, 6.45) is 0. The number of rotatable bonds is 4. The molecular formula is C15H15N3O3. The molecule has 0 fully saturated rings. The molecule has 0 bridgehead atoms. The van der Waals surface area contributed by atoms with Crippen LogP contribution in [0.1, 0.15) is 11.6 Å². The molecule has 0 aliphatic carbocycles. The molecule has 0 saturated heterocycles. The van der Waals surface area contributed by atoms with Crippen LogP contribution in [0.25, 0.3) is 0 Å². The molecule has 3 amide bonds. The molecule has 1 unspecified atom stereocenters. The van der Waals surface area contributed by atoms with Crippen molar-refractivity contribution in [2.75, 3.05) is 5.32 Å². The lowest BCUT2D eigenvalue weighted by Gasteiger charge is -2.18. The molecule has 0 aromatic heterocycles. The Kier molecular flexibility index (Phi) is 4.89. The van der Waals surface area contributed by atoms with Crippen molar-refractivity contribution in [1.29, 1.82) is 0 Å². The second-order valence-corrected chi connectivity index (χ2v) is 4.28. The van der Waals surface area contributed by atoms with Gasteiger partial charge in [-0.1, -0.05) is 48.5 Å². The average Bonchev–Trinajstić information content (AvgIpc) is 2.54. The number of anilines is 1. The van der Waals surface area contributed by atoms with Crippen LogP contribution in [-0.2, 0) is 4.79 Å². The van der Waals surface area contributed by atoms with Gasteiger partial charge in [-0.15, -0.1) is 0 Å². The largest absolute Gasteiger partial charge is 0.339 e. The van der Waals surface area contributed by atoms with Crippen molar-refractivity contribution < 1.29 is 14.8 Å². The van der Waals surface area contributed by atoms with Crippen LogP contribution in [0.15, 0.2) is 60.7 Å². The first kappa shape index (κ1) is 14.5. The smallest absolute Gasteiger partial charge is 0.324 e. The van der Waals surface area contributed by atoms with Gasteiger partial charge in [-0.3, -0.25) is 10.0 Å². The number of hydrogen-bond donors (Lipinski definition) is 4. The van der Waals surface area contributed by atoms with Crippen molar-refractivity contribution in [3.05, 3.63) is 66.2 Å². The molecule has 6 heteroatoms. The first-order chi connectivity index (χ1) is 10.2. The maximum atomic E-state index is 12.3. The van der Waals surface area contributed by atoms with Gasteiger partial charge in [-0.05, 0) is 17.7 Å². The maximum absolute atomic E-state index is 12.3. The Morgan fingerprint density at radius 2 is 1.48 bits per heavy atom. The molecule has 2 aromatic carbocycles. The Balaban J connectivity index is 2.18. The summed E-state index contributed by atoms with van der Waals surface area (Å²) in [7, 11) is 0. The molecule has 0 aliphatic heterocycles. The minimum absolute atomic E-state index is 0.406. The highest BCUT2D eigenvalue weighted by Gasteiger charge is 2.22. The van der Waals surface area contributed by atoms with Crippen LogP contribution in [0.5, 0.6) is 0 Å². The number of amides is 3. The van der Waals surface area contributed by atoms with Gasteiger partial charge in [0.15, 0.2) is 0 Å². The van der Waals surface area contributed by atoms with Crippen molar-refractivity contribution >= 4 is 17.6 Å². The van der Waals surface area contributed by atoms with Crippen LogP contribution in [-0.4, -0.2) is 17.1 Å². The van der Waals surface area contributed by atoms with Crippen LogP contribution in [0.4, 0.5) is 10.5 Å². The molecule has 0 heterocycles. The highest BCUT2D eigenvalue weighted by atomic mass is 16.5. The van der Waals surface area contributed by atoms with Crippen molar-refractivity contribution in [3.8, 4) is 0 Å². The zero-order valence-corrected chi connectivity index (χ0v) is 11.1. The third-order valence-electron chi connectivity index (χ3n) is 2.81. The van der Waals surface area contributed by atoms with E-state index in [1.54, 1.807) is 48.5 Å². The van der Waals surface area contributed by atoms with E-state index in [0.717, 1.165) is 0 Å². The van der Waals surface area contributed by atoms with E-state index in [1.807, 2.05) is 12.1 Å². The highest BCUT2D eigenvalue weighted by molar-refractivity contribution is 5.97. The Hall–Kier alpha value is -2.86. The second-order valence-electron chi connectivity index (χ2n) is 4.28. The molecule has 1 atom stereocenters. The lowest BCUT2D eigenvalue weighted by molar-refractivity contribution is -0.118. The topological polar surface area (TPSA) is 90.5 Å². The monoisotopic (exact) mass is 285 g/mol. The van der Waals surface area contributed by atoms with E-state index in [2.05, 4.69) is 10.6 Å². The molecule has 0 spiro atoms. The second kappa shape index (κ2) is 7.06. The fourth-order valence-electron chi connectivity index (χ4n) is 1.85. The summed E-state index contributed by atoms with van der Waals surface area (Å²) in [5.41, 5.74) is 2.68. The van der Waals surface area contributed by atoms with Gasteiger partial charge in [0.05, 0.1) is 0 Å². The van der Waals surface area contributed by atoms with E-state index in [0.29, 0.717) is 11.3 Å². The van der Waals surface area contributed by atoms with Gasteiger partial charge in [0.2, 0.25) is 0 Å². The quantitative estimate of drug-likeness (QED) is 0.512. The zero-order chi connectivity index (χ0) is 15.1. The number of nitrogens with one attached hydrogen (secondary N) is 3.